The van der Waals surface area contributed by atoms with E-state index in [4.69, 9.17) is 0 Å². The molecule has 1 atom stereocenters. The first-order valence-electron chi connectivity index (χ1n) is 5.51. The Labute approximate surface area is 99.4 Å². The summed E-state index contributed by atoms with van der Waals surface area (Å²) in [5.41, 5.74) is 2.08. The summed E-state index contributed by atoms with van der Waals surface area (Å²) in [6.45, 7) is 3.02. The van der Waals surface area contributed by atoms with E-state index in [1.165, 1.54) is 5.56 Å². The molecule has 0 aliphatic heterocycles. The Kier molecular flexibility index (Phi) is 3.74. The van der Waals surface area contributed by atoms with Gasteiger partial charge in [-0.3, -0.25) is 4.68 Å². The van der Waals surface area contributed by atoms with Crippen molar-refractivity contribution in [2.45, 2.75) is 32.4 Å². The van der Waals surface area contributed by atoms with Crippen LogP contribution in [-0.4, -0.2) is 14.9 Å². The molecule has 0 aliphatic carbocycles. The fourth-order valence-corrected chi connectivity index (χ4v) is 2.33. The number of aliphatic hydroxyl groups excluding tert-OH is 1. The number of rotatable bonds is 5. The standard InChI is InChI=1S/C12H16N2OS/c1-2-4-14-8-11(7-13-14)12(15)6-10-3-5-16-9-10/h3,5,7-9,12,15H,2,4,6H2,1H3. The molecule has 0 fully saturated rings. The highest BCUT2D eigenvalue weighted by atomic mass is 32.1. The number of nitrogens with zero attached hydrogens (tertiary/aromatic N) is 2. The zero-order valence-electron chi connectivity index (χ0n) is 9.34. The number of aliphatic hydroxyl groups is 1. The zero-order chi connectivity index (χ0) is 11.4. The van der Waals surface area contributed by atoms with Crippen LogP contribution < -0.4 is 0 Å². The predicted molar refractivity (Wildman–Crippen MR) is 65.5 cm³/mol. The average Bonchev–Trinajstić information content (AvgIpc) is 2.89. The van der Waals surface area contributed by atoms with Gasteiger partial charge in [-0.2, -0.15) is 16.4 Å². The topological polar surface area (TPSA) is 38.0 Å². The molecule has 2 aromatic rings. The van der Waals surface area contributed by atoms with Crippen molar-refractivity contribution < 1.29 is 5.11 Å². The summed E-state index contributed by atoms with van der Waals surface area (Å²) in [6.07, 6.45) is 4.97. The molecule has 2 rings (SSSR count). The van der Waals surface area contributed by atoms with Gasteiger partial charge >= 0.3 is 0 Å². The third kappa shape index (κ3) is 2.71. The number of thiophene rings is 1. The molecule has 0 amide bonds. The summed E-state index contributed by atoms with van der Waals surface area (Å²) in [5.74, 6) is 0. The molecule has 0 aromatic carbocycles. The Morgan fingerprint density at radius 3 is 3.12 bits per heavy atom. The third-order valence-corrected chi connectivity index (χ3v) is 3.23. The Bertz CT molecular complexity index is 422. The smallest absolute Gasteiger partial charge is 0.0861 e. The van der Waals surface area contributed by atoms with Gasteiger partial charge in [0.15, 0.2) is 0 Å². The van der Waals surface area contributed by atoms with E-state index in [1.54, 1.807) is 17.5 Å². The number of aromatic nitrogens is 2. The highest BCUT2D eigenvalue weighted by Gasteiger charge is 2.10. The van der Waals surface area contributed by atoms with Crippen LogP contribution in [0, 0.1) is 0 Å². The SMILES string of the molecule is CCCn1cc(C(O)Cc2ccsc2)cn1. The number of aryl methyl sites for hydroxylation is 1. The molecular weight excluding hydrogens is 220 g/mol. The maximum Gasteiger partial charge on any atom is 0.0861 e. The molecule has 0 saturated heterocycles. The highest BCUT2D eigenvalue weighted by Crippen LogP contribution is 2.19. The van der Waals surface area contributed by atoms with E-state index >= 15 is 0 Å². The minimum Gasteiger partial charge on any atom is -0.388 e. The summed E-state index contributed by atoms with van der Waals surface area (Å²) in [6, 6.07) is 2.05. The Hall–Kier alpha value is -1.13. The van der Waals surface area contributed by atoms with Crippen molar-refractivity contribution in [2.24, 2.45) is 0 Å². The Morgan fingerprint density at radius 1 is 1.56 bits per heavy atom. The molecule has 4 heteroatoms. The molecular formula is C12H16N2OS. The maximum atomic E-state index is 10.0. The maximum absolute atomic E-state index is 10.0. The quantitative estimate of drug-likeness (QED) is 0.866. The molecule has 3 nitrogen and oxygen atoms in total. The van der Waals surface area contributed by atoms with Gasteiger partial charge in [-0.05, 0) is 28.8 Å². The zero-order valence-corrected chi connectivity index (χ0v) is 10.2. The lowest BCUT2D eigenvalue weighted by Crippen LogP contribution is -2.00. The summed E-state index contributed by atoms with van der Waals surface area (Å²) < 4.78 is 1.88. The van der Waals surface area contributed by atoms with Gasteiger partial charge in [-0.1, -0.05) is 6.92 Å². The molecule has 1 N–H and O–H groups in total. The first kappa shape index (κ1) is 11.4. The summed E-state index contributed by atoms with van der Waals surface area (Å²) in [5, 5.41) is 18.3. The lowest BCUT2D eigenvalue weighted by Gasteiger charge is -2.06. The minimum absolute atomic E-state index is 0.444. The van der Waals surface area contributed by atoms with Crippen LogP contribution in [0.5, 0.6) is 0 Å². The lowest BCUT2D eigenvalue weighted by molar-refractivity contribution is 0.178. The van der Waals surface area contributed by atoms with Gasteiger partial charge in [0.25, 0.3) is 0 Å². The van der Waals surface area contributed by atoms with Crippen LogP contribution in [0.3, 0.4) is 0 Å². The third-order valence-electron chi connectivity index (χ3n) is 2.50. The van der Waals surface area contributed by atoms with Crippen molar-refractivity contribution in [1.82, 2.24) is 9.78 Å². The minimum atomic E-state index is -0.444. The van der Waals surface area contributed by atoms with Gasteiger partial charge in [-0.25, -0.2) is 0 Å². The summed E-state index contributed by atoms with van der Waals surface area (Å²) in [7, 11) is 0. The summed E-state index contributed by atoms with van der Waals surface area (Å²) >= 11 is 1.66. The van der Waals surface area contributed by atoms with Gasteiger partial charge < -0.3 is 5.11 Å². The van der Waals surface area contributed by atoms with Crippen LogP contribution in [-0.2, 0) is 13.0 Å². The van der Waals surface area contributed by atoms with Crippen molar-refractivity contribution in [3.63, 3.8) is 0 Å². The highest BCUT2D eigenvalue weighted by molar-refractivity contribution is 7.07. The molecule has 0 saturated carbocycles. The molecule has 0 spiro atoms. The van der Waals surface area contributed by atoms with Gasteiger partial charge in [0.1, 0.15) is 0 Å². The monoisotopic (exact) mass is 236 g/mol. The number of hydrogen-bond acceptors (Lipinski definition) is 3. The first-order chi connectivity index (χ1) is 7.79. The van der Waals surface area contributed by atoms with E-state index in [0.717, 1.165) is 18.5 Å². The van der Waals surface area contributed by atoms with Gasteiger partial charge in [-0.15, -0.1) is 0 Å². The van der Waals surface area contributed by atoms with Crippen molar-refractivity contribution in [3.8, 4) is 0 Å². The van der Waals surface area contributed by atoms with Crippen LogP contribution in [0.4, 0.5) is 0 Å². The van der Waals surface area contributed by atoms with E-state index in [2.05, 4.69) is 17.4 Å². The van der Waals surface area contributed by atoms with Crippen LogP contribution in [0.1, 0.15) is 30.6 Å². The second-order valence-electron chi connectivity index (χ2n) is 3.89. The van der Waals surface area contributed by atoms with Gasteiger partial charge in [0.2, 0.25) is 0 Å². The Morgan fingerprint density at radius 2 is 2.44 bits per heavy atom. The van der Waals surface area contributed by atoms with E-state index in [1.807, 2.05) is 22.3 Å². The molecule has 86 valence electrons. The van der Waals surface area contributed by atoms with E-state index < -0.39 is 6.10 Å². The predicted octanol–water partition coefficient (Wildman–Crippen LogP) is 2.63. The van der Waals surface area contributed by atoms with E-state index in [-0.39, 0.29) is 0 Å². The van der Waals surface area contributed by atoms with Crippen LogP contribution in [0.2, 0.25) is 0 Å². The van der Waals surface area contributed by atoms with Gasteiger partial charge in [0.05, 0.1) is 12.3 Å². The van der Waals surface area contributed by atoms with Crippen LogP contribution in [0.15, 0.2) is 29.2 Å². The molecule has 0 bridgehead atoms. The second kappa shape index (κ2) is 5.27. The molecule has 2 aromatic heterocycles. The van der Waals surface area contributed by atoms with Crippen LogP contribution >= 0.6 is 11.3 Å². The Balaban J connectivity index is 2.00. The normalized spacial score (nSPS) is 12.9. The molecule has 0 aliphatic rings. The molecule has 1 unspecified atom stereocenters. The average molecular weight is 236 g/mol. The van der Waals surface area contributed by atoms with Crippen LogP contribution in [0.25, 0.3) is 0 Å². The van der Waals surface area contributed by atoms with E-state index in [0.29, 0.717) is 6.42 Å². The van der Waals surface area contributed by atoms with Crippen molar-refractivity contribution in [1.29, 1.82) is 0 Å². The van der Waals surface area contributed by atoms with E-state index in [9.17, 15) is 5.11 Å². The fraction of sp³-hybridized carbons (Fsp3) is 0.417. The molecule has 2 heterocycles. The van der Waals surface area contributed by atoms with Crippen molar-refractivity contribution >= 4 is 11.3 Å². The second-order valence-corrected chi connectivity index (χ2v) is 4.67. The summed E-state index contributed by atoms with van der Waals surface area (Å²) in [4.78, 5) is 0. The molecule has 16 heavy (non-hydrogen) atoms. The fourth-order valence-electron chi connectivity index (χ4n) is 1.65. The lowest BCUT2D eigenvalue weighted by atomic mass is 10.1. The first-order valence-corrected chi connectivity index (χ1v) is 6.45. The van der Waals surface area contributed by atoms with Crippen molar-refractivity contribution in [2.75, 3.05) is 0 Å². The molecule has 0 radical (unpaired) electrons. The van der Waals surface area contributed by atoms with Crippen molar-refractivity contribution in [3.05, 3.63) is 40.3 Å². The van der Waals surface area contributed by atoms with Gasteiger partial charge in [0, 0.05) is 24.7 Å². The largest absolute Gasteiger partial charge is 0.388 e. The number of hydrogen-bond donors (Lipinski definition) is 1.